The largest absolute Gasteiger partial charge is 0.428 e. The fourth-order valence-corrected chi connectivity index (χ4v) is 1.22. The lowest BCUT2D eigenvalue weighted by Gasteiger charge is -2.08. The zero-order valence-corrected chi connectivity index (χ0v) is 6.57. The lowest BCUT2D eigenvalue weighted by atomic mass is 10.1. The van der Waals surface area contributed by atoms with Crippen LogP contribution >= 0.6 is 0 Å². The number of benzene rings is 1. The normalized spacial score (nSPS) is 10.5. The van der Waals surface area contributed by atoms with E-state index in [1.807, 2.05) is 0 Å². The van der Waals surface area contributed by atoms with E-state index in [0.717, 1.165) is 6.20 Å². The van der Waals surface area contributed by atoms with Gasteiger partial charge >= 0.3 is 0 Å². The predicted molar refractivity (Wildman–Crippen MR) is 44.5 cm³/mol. The summed E-state index contributed by atoms with van der Waals surface area (Å²) in [6.07, 6.45) is 0.905. The van der Waals surface area contributed by atoms with Gasteiger partial charge in [0.05, 0.1) is 11.9 Å². The maximum Gasteiger partial charge on any atom is 0.180 e. The molecule has 0 atom stereocenters. The number of rotatable bonds is 0. The Morgan fingerprint density at radius 2 is 2.08 bits per heavy atom. The van der Waals surface area contributed by atoms with E-state index in [4.69, 9.17) is 0 Å². The highest BCUT2D eigenvalue weighted by atomic mass is 19.1. The van der Waals surface area contributed by atoms with Crippen LogP contribution in [0.1, 0.15) is 0 Å². The van der Waals surface area contributed by atoms with Crippen LogP contribution in [0.5, 0.6) is 0 Å². The molecule has 0 aromatic rings. The van der Waals surface area contributed by atoms with Gasteiger partial charge in [-0.1, -0.05) is 0 Å². The first-order valence-corrected chi connectivity index (χ1v) is 3.68. The first kappa shape index (κ1) is 7.79. The third-order valence-corrected chi connectivity index (χ3v) is 1.79. The molecule has 0 bridgehead atoms. The fraction of sp³-hybridized carbons (Fsp3) is 0. The number of pyridine rings is 1. The Labute approximate surface area is 73.0 Å². The zero-order chi connectivity index (χ0) is 9.42. The molecule has 1 heterocycles. The quantitative estimate of drug-likeness (QED) is 0.620. The minimum Gasteiger partial charge on any atom is -0.428 e. The molecule has 3 nitrogen and oxygen atoms in total. The highest BCUT2D eigenvalue weighted by molar-refractivity contribution is 5.60. The second-order valence-corrected chi connectivity index (χ2v) is 2.72. The van der Waals surface area contributed by atoms with Crippen molar-refractivity contribution in [3.63, 3.8) is 0 Å². The van der Waals surface area contributed by atoms with E-state index < -0.39 is 5.82 Å². The average Bonchev–Trinajstić information content (AvgIpc) is 2.06. The molecule has 0 amide bonds. The van der Waals surface area contributed by atoms with Crippen molar-refractivity contribution in [1.82, 2.24) is 4.73 Å². The summed E-state index contributed by atoms with van der Waals surface area (Å²) in [5, 5.41) is 9.21. The van der Waals surface area contributed by atoms with Crippen LogP contribution in [0.15, 0.2) is 35.3 Å². The second kappa shape index (κ2) is 2.58. The number of hydrogen-bond acceptors (Lipinski definition) is 2. The summed E-state index contributed by atoms with van der Waals surface area (Å²) in [6.45, 7) is 0. The van der Waals surface area contributed by atoms with Crippen LogP contribution in [0.25, 0.3) is 11.3 Å². The minimum absolute atomic E-state index is 0.220. The third-order valence-electron chi connectivity index (χ3n) is 1.79. The van der Waals surface area contributed by atoms with Crippen molar-refractivity contribution < 1.29 is 9.60 Å². The summed E-state index contributed by atoms with van der Waals surface area (Å²) < 4.78 is 13.3. The predicted octanol–water partition coefficient (Wildman–Crippen LogP) is 1.33. The fourth-order valence-electron chi connectivity index (χ4n) is 1.22. The van der Waals surface area contributed by atoms with Gasteiger partial charge in [0.2, 0.25) is 0 Å². The van der Waals surface area contributed by atoms with Gasteiger partial charge in [-0.05, 0) is 18.2 Å². The SMILES string of the molecule is O=c1ccc2cc(F)cn(O)c-2c1. The van der Waals surface area contributed by atoms with Gasteiger partial charge in [-0.25, -0.2) is 4.39 Å². The van der Waals surface area contributed by atoms with Gasteiger partial charge < -0.3 is 5.21 Å². The van der Waals surface area contributed by atoms with Crippen molar-refractivity contribution in [2.75, 3.05) is 0 Å². The van der Waals surface area contributed by atoms with Crippen molar-refractivity contribution in [3.8, 4) is 11.3 Å². The molecule has 1 aliphatic carbocycles. The summed E-state index contributed by atoms with van der Waals surface area (Å²) in [7, 11) is 0. The van der Waals surface area contributed by atoms with E-state index in [9.17, 15) is 14.4 Å². The molecule has 4 heteroatoms. The number of nitrogens with zero attached hydrogens (tertiary/aromatic N) is 1. The third kappa shape index (κ3) is 1.26. The first-order chi connectivity index (χ1) is 6.16. The Hall–Kier alpha value is -1.84. The van der Waals surface area contributed by atoms with Gasteiger partial charge in [-0.15, -0.1) is 0 Å². The second-order valence-electron chi connectivity index (χ2n) is 2.72. The van der Waals surface area contributed by atoms with Crippen molar-refractivity contribution in [2.45, 2.75) is 0 Å². The van der Waals surface area contributed by atoms with E-state index in [1.54, 1.807) is 0 Å². The van der Waals surface area contributed by atoms with E-state index in [2.05, 4.69) is 0 Å². The Balaban J connectivity index is 2.87. The van der Waals surface area contributed by atoms with Crippen LogP contribution in [0, 0.1) is 5.82 Å². The molecule has 13 heavy (non-hydrogen) atoms. The van der Waals surface area contributed by atoms with Crippen LogP contribution in [-0.4, -0.2) is 9.94 Å². The molecule has 66 valence electrons. The maximum absolute atomic E-state index is 12.7. The highest BCUT2D eigenvalue weighted by Crippen LogP contribution is 2.18. The van der Waals surface area contributed by atoms with E-state index >= 15 is 0 Å². The van der Waals surface area contributed by atoms with Crippen molar-refractivity contribution in [3.05, 3.63) is 46.5 Å². The van der Waals surface area contributed by atoms with Gasteiger partial charge in [0.1, 0.15) is 5.82 Å². The molecule has 0 aromatic carbocycles. The molecular formula is C9H6FNO2. The van der Waals surface area contributed by atoms with Crippen LogP contribution < -0.4 is 5.43 Å². The number of aromatic nitrogens is 1. The van der Waals surface area contributed by atoms with Crippen molar-refractivity contribution in [1.29, 1.82) is 0 Å². The van der Waals surface area contributed by atoms with Gasteiger partial charge in [0.25, 0.3) is 0 Å². The lowest BCUT2D eigenvalue weighted by molar-refractivity contribution is 0.185. The highest BCUT2D eigenvalue weighted by Gasteiger charge is 2.07. The van der Waals surface area contributed by atoms with Crippen LogP contribution in [0.3, 0.4) is 0 Å². The number of halogens is 1. The molecule has 0 spiro atoms. The monoisotopic (exact) mass is 179 g/mol. The van der Waals surface area contributed by atoms with Crippen LogP contribution in [0.4, 0.5) is 4.39 Å². The summed E-state index contributed by atoms with van der Waals surface area (Å²) in [5.74, 6) is -0.548. The van der Waals surface area contributed by atoms with Crippen LogP contribution in [0.2, 0.25) is 0 Å². The molecule has 0 radical (unpaired) electrons. The van der Waals surface area contributed by atoms with Crippen LogP contribution in [-0.2, 0) is 0 Å². The smallest absolute Gasteiger partial charge is 0.180 e. The molecule has 0 saturated heterocycles. The number of fused-ring (bicyclic) bond motifs is 1. The molecule has 0 aromatic heterocycles. The molecule has 1 aliphatic heterocycles. The zero-order valence-electron chi connectivity index (χ0n) is 6.57. The Morgan fingerprint density at radius 1 is 1.31 bits per heavy atom. The lowest BCUT2D eigenvalue weighted by Crippen LogP contribution is -2.06. The van der Waals surface area contributed by atoms with Gasteiger partial charge in [-0.3, -0.25) is 4.79 Å². The maximum atomic E-state index is 12.7. The molecular weight excluding hydrogens is 173 g/mol. The summed E-state index contributed by atoms with van der Waals surface area (Å²) in [4.78, 5) is 10.9. The summed E-state index contributed by atoms with van der Waals surface area (Å²) in [6, 6.07) is 5.28. The first-order valence-electron chi connectivity index (χ1n) is 3.68. The average molecular weight is 179 g/mol. The molecule has 1 N–H and O–H groups in total. The Morgan fingerprint density at radius 3 is 2.85 bits per heavy atom. The van der Waals surface area contributed by atoms with E-state index in [0.29, 0.717) is 16.0 Å². The van der Waals surface area contributed by atoms with Gasteiger partial charge in [0.15, 0.2) is 5.43 Å². The number of hydrogen-bond donors (Lipinski definition) is 1. The summed E-state index contributed by atoms with van der Waals surface area (Å²) >= 11 is 0. The molecule has 0 unspecified atom stereocenters. The molecule has 0 saturated carbocycles. The summed E-state index contributed by atoms with van der Waals surface area (Å²) in [5.41, 5.74) is 0.568. The molecule has 2 rings (SSSR count). The van der Waals surface area contributed by atoms with Crippen molar-refractivity contribution in [2.24, 2.45) is 0 Å². The topological polar surface area (TPSA) is 42.2 Å². The Kier molecular flexibility index (Phi) is 1.55. The molecule has 2 aliphatic rings. The van der Waals surface area contributed by atoms with Gasteiger partial charge in [-0.2, -0.15) is 4.73 Å². The van der Waals surface area contributed by atoms with Crippen molar-refractivity contribution >= 4 is 0 Å². The Bertz CT molecular complexity index is 478. The standard InChI is InChI=1S/C9H6FNO2/c10-7-3-6-1-2-8(12)4-9(6)11(13)5-7/h1-5,13H. The molecule has 0 fully saturated rings. The van der Waals surface area contributed by atoms with E-state index in [1.165, 1.54) is 24.3 Å². The van der Waals surface area contributed by atoms with E-state index in [-0.39, 0.29) is 5.43 Å². The van der Waals surface area contributed by atoms with Gasteiger partial charge in [0, 0.05) is 11.6 Å². The minimum atomic E-state index is -0.548.